The Morgan fingerprint density at radius 1 is 0.900 bits per heavy atom. The molecule has 60 valence electrons. The highest BCUT2D eigenvalue weighted by atomic mass is 19.3. The molecule has 0 amide bonds. The van der Waals surface area contributed by atoms with Gasteiger partial charge in [0.15, 0.2) is 0 Å². The molecule has 0 spiro atoms. The number of carboxylic acid groups (broad SMARTS) is 2. The SMILES string of the molecule is FC(F)=C(F)F.O=C(O)O. The van der Waals surface area contributed by atoms with E-state index in [0.29, 0.717) is 0 Å². The number of halogens is 4. The minimum absolute atomic E-state index is 1.83. The van der Waals surface area contributed by atoms with E-state index >= 15 is 0 Å². The molecule has 0 saturated carbocycles. The molecule has 0 aliphatic heterocycles. The topological polar surface area (TPSA) is 57.5 Å². The van der Waals surface area contributed by atoms with Gasteiger partial charge in [-0.15, -0.1) is 0 Å². The lowest BCUT2D eigenvalue weighted by Crippen LogP contribution is -1.81. The third-order valence-corrected chi connectivity index (χ3v) is 0.143. The third kappa shape index (κ3) is 29.6. The van der Waals surface area contributed by atoms with E-state index in [0.717, 1.165) is 0 Å². The van der Waals surface area contributed by atoms with Crippen molar-refractivity contribution in [3.8, 4) is 0 Å². The van der Waals surface area contributed by atoms with Crippen molar-refractivity contribution in [3.63, 3.8) is 0 Å². The van der Waals surface area contributed by atoms with Crippen molar-refractivity contribution in [3.05, 3.63) is 12.2 Å². The molecular formula is C3H2F4O3. The second-order valence-electron chi connectivity index (χ2n) is 0.803. The third-order valence-electron chi connectivity index (χ3n) is 0.143. The van der Waals surface area contributed by atoms with Crippen LogP contribution in [-0.4, -0.2) is 16.4 Å². The summed E-state index contributed by atoms with van der Waals surface area (Å²) < 4.78 is 41.1. The van der Waals surface area contributed by atoms with Gasteiger partial charge in [0.1, 0.15) is 0 Å². The van der Waals surface area contributed by atoms with E-state index in [1.165, 1.54) is 0 Å². The average molecular weight is 162 g/mol. The second kappa shape index (κ2) is 5.86. The summed E-state index contributed by atoms with van der Waals surface area (Å²) in [6.07, 6.45) is -7.65. The first kappa shape index (κ1) is 11.5. The molecule has 0 radical (unpaired) electrons. The van der Waals surface area contributed by atoms with E-state index in [9.17, 15) is 17.6 Å². The standard InChI is InChI=1S/C2F4.CH2O3/c3-1(4)2(5)6;2-1(3)4/h;(H2,2,3,4). The monoisotopic (exact) mass is 162 g/mol. The van der Waals surface area contributed by atoms with Gasteiger partial charge in [-0.3, -0.25) is 0 Å². The number of rotatable bonds is 0. The van der Waals surface area contributed by atoms with Crippen molar-refractivity contribution in [1.29, 1.82) is 0 Å². The van der Waals surface area contributed by atoms with Gasteiger partial charge in [0.05, 0.1) is 0 Å². The fourth-order valence-corrected chi connectivity index (χ4v) is 0. The number of hydrogen-bond acceptors (Lipinski definition) is 1. The fraction of sp³-hybridized carbons (Fsp3) is 0. The largest absolute Gasteiger partial charge is 0.503 e. The quantitative estimate of drug-likeness (QED) is 0.537. The number of hydrogen-bond donors (Lipinski definition) is 2. The Morgan fingerprint density at radius 3 is 1.00 bits per heavy atom. The summed E-state index contributed by atoms with van der Waals surface area (Å²) in [7, 11) is 0. The zero-order chi connectivity index (χ0) is 8.73. The highest BCUT2D eigenvalue weighted by Crippen LogP contribution is 2.08. The Morgan fingerprint density at radius 2 is 1.00 bits per heavy atom. The smallest absolute Gasteiger partial charge is 0.450 e. The minimum Gasteiger partial charge on any atom is -0.450 e. The van der Waals surface area contributed by atoms with E-state index in [4.69, 9.17) is 15.0 Å². The van der Waals surface area contributed by atoms with Crippen molar-refractivity contribution in [2.45, 2.75) is 0 Å². The van der Waals surface area contributed by atoms with Gasteiger partial charge in [0.25, 0.3) is 0 Å². The van der Waals surface area contributed by atoms with E-state index in [1.807, 2.05) is 0 Å². The molecule has 2 N–H and O–H groups in total. The summed E-state index contributed by atoms with van der Waals surface area (Å²) >= 11 is 0. The van der Waals surface area contributed by atoms with Crippen LogP contribution in [0.15, 0.2) is 12.2 Å². The Balaban J connectivity index is 0. The highest BCUT2D eigenvalue weighted by molar-refractivity contribution is 5.53. The van der Waals surface area contributed by atoms with Crippen molar-refractivity contribution in [1.82, 2.24) is 0 Å². The molecule has 0 bridgehead atoms. The van der Waals surface area contributed by atoms with Gasteiger partial charge in [-0.1, -0.05) is 0 Å². The zero-order valence-electron chi connectivity index (χ0n) is 4.31. The first-order valence-corrected chi connectivity index (χ1v) is 1.66. The Bertz CT molecular complexity index is 121. The molecule has 0 atom stereocenters. The van der Waals surface area contributed by atoms with Crippen LogP contribution < -0.4 is 0 Å². The van der Waals surface area contributed by atoms with Crippen molar-refractivity contribution >= 4 is 6.16 Å². The molecule has 0 saturated heterocycles. The molecule has 0 aromatic carbocycles. The Kier molecular flexibility index (Phi) is 6.75. The van der Waals surface area contributed by atoms with E-state index in [2.05, 4.69) is 0 Å². The van der Waals surface area contributed by atoms with Crippen LogP contribution in [0.1, 0.15) is 0 Å². The molecule has 0 fully saturated rings. The van der Waals surface area contributed by atoms with Gasteiger partial charge < -0.3 is 10.2 Å². The summed E-state index contributed by atoms with van der Waals surface area (Å²) in [5.41, 5.74) is 0. The van der Waals surface area contributed by atoms with Gasteiger partial charge in [-0.05, 0) is 0 Å². The molecule has 3 nitrogen and oxygen atoms in total. The van der Waals surface area contributed by atoms with Crippen LogP contribution in [0.3, 0.4) is 0 Å². The molecule has 0 aliphatic rings. The van der Waals surface area contributed by atoms with Gasteiger partial charge in [-0.25, -0.2) is 4.79 Å². The normalized spacial score (nSPS) is 7.20. The summed E-state index contributed by atoms with van der Waals surface area (Å²) in [5.74, 6) is 0. The van der Waals surface area contributed by atoms with E-state index in [-0.39, 0.29) is 0 Å². The molecule has 0 heterocycles. The molecule has 7 heteroatoms. The molecule has 0 aliphatic carbocycles. The van der Waals surface area contributed by atoms with Crippen LogP contribution >= 0.6 is 0 Å². The molecule has 0 rings (SSSR count). The Hall–Kier alpha value is -1.27. The molecule has 0 aromatic heterocycles. The predicted octanol–water partition coefficient (Wildman–Crippen LogP) is 2.21. The summed E-state index contributed by atoms with van der Waals surface area (Å²) in [5, 5.41) is 13.9. The fourth-order valence-electron chi connectivity index (χ4n) is 0. The van der Waals surface area contributed by atoms with Crippen molar-refractivity contribution in [2.24, 2.45) is 0 Å². The highest BCUT2D eigenvalue weighted by Gasteiger charge is 1.98. The lowest BCUT2D eigenvalue weighted by atomic mass is 11.1. The van der Waals surface area contributed by atoms with Gasteiger partial charge >= 0.3 is 18.3 Å². The van der Waals surface area contributed by atoms with Crippen LogP contribution in [-0.2, 0) is 0 Å². The van der Waals surface area contributed by atoms with E-state index in [1.54, 1.807) is 0 Å². The average Bonchev–Trinajstić information content (AvgIpc) is 1.63. The zero-order valence-corrected chi connectivity index (χ0v) is 4.31. The first-order chi connectivity index (χ1) is 4.37. The lowest BCUT2D eigenvalue weighted by Gasteiger charge is -1.69. The second-order valence-corrected chi connectivity index (χ2v) is 0.803. The maximum absolute atomic E-state index is 10.3. The van der Waals surface area contributed by atoms with Crippen LogP contribution in [0.4, 0.5) is 22.4 Å². The summed E-state index contributed by atoms with van der Waals surface area (Å²) in [6, 6.07) is 0. The number of carbonyl (C=O) groups is 1. The lowest BCUT2D eigenvalue weighted by molar-refractivity contribution is 0.137. The predicted molar refractivity (Wildman–Crippen MR) is 22.1 cm³/mol. The molecule has 0 unspecified atom stereocenters. The van der Waals surface area contributed by atoms with E-state index < -0.39 is 18.3 Å². The van der Waals surface area contributed by atoms with Crippen LogP contribution in [0, 0.1) is 0 Å². The molecule has 0 aromatic rings. The Labute approximate surface area is 52.2 Å². The summed E-state index contributed by atoms with van der Waals surface area (Å²) in [6.45, 7) is 0. The molecule has 10 heavy (non-hydrogen) atoms. The van der Waals surface area contributed by atoms with Gasteiger partial charge in [0, 0.05) is 0 Å². The van der Waals surface area contributed by atoms with Gasteiger partial charge in [0.2, 0.25) is 0 Å². The van der Waals surface area contributed by atoms with Crippen LogP contribution in [0.2, 0.25) is 0 Å². The summed E-state index contributed by atoms with van der Waals surface area (Å²) in [4.78, 5) is 8.56. The van der Waals surface area contributed by atoms with Gasteiger partial charge in [-0.2, -0.15) is 17.6 Å². The van der Waals surface area contributed by atoms with Crippen molar-refractivity contribution in [2.75, 3.05) is 0 Å². The minimum atomic E-state index is -2.91. The van der Waals surface area contributed by atoms with Crippen molar-refractivity contribution < 1.29 is 32.6 Å². The van der Waals surface area contributed by atoms with Crippen LogP contribution in [0.25, 0.3) is 0 Å². The first-order valence-electron chi connectivity index (χ1n) is 1.66. The maximum Gasteiger partial charge on any atom is 0.503 e. The van der Waals surface area contributed by atoms with Crippen LogP contribution in [0.5, 0.6) is 0 Å². The molecular weight excluding hydrogens is 160 g/mol. The maximum atomic E-state index is 10.3.